The molecule has 2 N–H and O–H groups in total. The van der Waals surface area contributed by atoms with Crippen LogP contribution in [-0.4, -0.2) is 33.4 Å². The minimum Gasteiger partial charge on any atom is -0.393 e. The number of carbonyl (C=O) groups is 1. The number of halogens is 2. The van der Waals surface area contributed by atoms with Crippen molar-refractivity contribution < 1.29 is 14.3 Å². The summed E-state index contributed by atoms with van der Waals surface area (Å²) in [5, 5.41) is 16.8. The Labute approximate surface area is 171 Å². The molecule has 1 atom stereocenters. The van der Waals surface area contributed by atoms with Gasteiger partial charge in [0.25, 0.3) is 11.5 Å². The Balaban J connectivity index is 2.10. The number of benzene rings is 2. The molecule has 0 fully saturated rings. The van der Waals surface area contributed by atoms with Gasteiger partial charge in [0.1, 0.15) is 11.4 Å². The molecule has 3 aromatic rings. The van der Waals surface area contributed by atoms with Gasteiger partial charge in [-0.1, -0.05) is 29.8 Å². The molecule has 6 nitrogen and oxygen atoms in total. The van der Waals surface area contributed by atoms with E-state index in [0.717, 1.165) is 10.7 Å². The summed E-state index contributed by atoms with van der Waals surface area (Å²) in [6.07, 6.45) is -0.236. The van der Waals surface area contributed by atoms with Crippen LogP contribution in [-0.2, 0) is 0 Å². The number of aliphatic hydroxyl groups is 1. The van der Waals surface area contributed by atoms with Crippen molar-refractivity contribution in [3.63, 3.8) is 0 Å². The van der Waals surface area contributed by atoms with Gasteiger partial charge in [0.15, 0.2) is 0 Å². The summed E-state index contributed by atoms with van der Waals surface area (Å²) in [7, 11) is 0. The lowest BCUT2D eigenvalue weighted by Crippen LogP contribution is -2.35. The highest BCUT2D eigenvalue weighted by molar-refractivity contribution is 6.30. The molecule has 1 heterocycles. The third-order valence-corrected chi connectivity index (χ3v) is 4.45. The van der Waals surface area contributed by atoms with Gasteiger partial charge in [-0.2, -0.15) is 9.78 Å². The summed E-state index contributed by atoms with van der Waals surface area (Å²) in [6, 6.07) is 13.5. The Hall–Kier alpha value is -3.03. The first-order chi connectivity index (χ1) is 13.8. The van der Waals surface area contributed by atoms with Crippen molar-refractivity contribution in [2.45, 2.75) is 19.4 Å². The van der Waals surface area contributed by atoms with Crippen LogP contribution < -0.4 is 10.9 Å². The fourth-order valence-electron chi connectivity index (χ4n) is 2.69. The molecule has 0 aliphatic carbocycles. The van der Waals surface area contributed by atoms with Gasteiger partial charge in [-0.25, -0.2) is 4.39 Å². The molecule has 0 saturated carbocycles. The summed E-state index contributed by atoms with van der Waals surface area (Å²) in [4.78, 5) is 25.5. The second-order valence-corrected chi connectivity index (χ2v) is 6.98. The predicted octanol–water partition coefficient (Wildman–Crippen LogP) is 3.19. The molecule has 3 rings (SSSR count). The number of hydrogen-bond acceptors (Lipinski definition) is 4. The Morgan fingerprint density at radius 1 is 1.24 bits per heavy atom. The predicted molar refractivity (Wildman–Crippen MR) is 109 cm³/mol. The standard InChI is InChI=1S/C21H19ClFN3O3/c1-13(27)9-10-24-20(28)18-12-19(14-5-7-15(22)8-6-14)25-26(21(18)29)17-4-2-3-16(23)11-17/h2-8,11-13,27H,9-10H2,1H3,(H,24,28)/t13-/m1/s1. The average molecular weight is 416 g/mol. The van der Waals surface area contributed by atoms with Crippen molar-refractivity contribution in [2.24, 2.45) is 0 Å². The normalized spacial score (nSPS) is 11.9. The SMILES string of the molecule is C[C@@H](O)CCNC(=O)c1cc(-c2ccc(Cl)cc2)nn(-c2cccc(F)c2)c1=O. The summed E-state index contributed by atoms with van der Waals surface area (Å²) >= 11 is 5.93. The summed E-state index contributed by atoms with van der Waals surface area (Å²) in [5.41, 5.74) is 0.371. The number of carbonyl (C=O) groups excluding carboxylic acids is 1. The van der Waals surface area contributed by atoms with Crippen LogP contribution in [0.15, 0.2) is 59.4 Å². The monoisotopic (exact) mass is 415 g/mol. The fraction of sp³-hybridized carbons (Fsp3) is 0.190. The largest absolute Gasteiger partial charge is 0.393 e. The first-order valence-electron chi connectivity index (χ1n) is 8.97. The minimum absolute atomic E-state index is 0.139. The van der Waals surface area contributed by atoms with Crippen LogP contribution in [0.4, 0.5) is 4.39 Å². The first-order valence-corrected chi connectivity index (χ1v) is 9.35. The van der Waals surface area contributed by atoms with Crippen LogP contribution in [0.25, 0.3) is 16.9 Å². The number of aromatic nitrogens is 2. The molecule has 0 saturated heterocycles. The molecule has 8 heteroatoms. The van der Waals surface area contributed by atoms with Crippen molar-refractivity contribution in [3.05, 3.63) is 81.4 Å². The van der Waals surface area contributed by atoms with E-state index in [2.05, 4.69) is 10.4 Å². The van der Waals surface area contributed by atoms with E-state index < -0.39 is 23.4 Å². The van der Waals surface area contributed by atoms with Crippen molar-refractivity contribution in [3.8, 4) is 16.9 Å². The molecule has 29 heavy (non-hydrogen) atoms. The van der Waals surface area contributed by atoms with E-state index >= 15 is 0 Å². The number of nitrogens with zero attached hydrogens (tertiary/aromatic N) is 2. The van der Waals surface area contributed by atoms with Crippen LogP contribution in [0, 0.1) is 5.82 Å². The van der Waals surface area contributed by atoms with Crippen LogP contribution in [0.1, 0.15) is 23.7 Å². The maximum Gasteiger partial charge on any atom is 0.284 e. The summed E-state index contributed by atoms with van der Waals surface area (Å²) in [6.45, 7) is 1.81. The van der Waals surface area contributed by atoms with E-state index in [1.165, 1.54) is 24.3 Å². The topological polar surface area (TPSA) is 84.2 Å². The maximum atomic E-state index is 13.7. The molecule has 2 aromatic carbocycles. The molecule has 0 spiro atoms. The van der Waals surface area contributed by atoms with E-state index in [1.54, 1.807) is 31.2 Å². The first kappa shape index (κ1) is 20.7. The highest BCUT2D eigenvalue weighted by Crippen LogP contribution is 2.20. The van der Waals surface area contributed by atoms with Gasteiger partial charge >= 0.3 is 0 Å². The summed E-state index contributed by atoms with van der Waals surface area (Å²) in [5.74, 6) is -1.13. The highest BCUT2D eigenvalue weighted by atomic mass is 35.5. The molecule has 1 amide bonds. The van der Waals surface area contributed by atoms with Gasteiger partial charge in [0, 0.05) is 17.1 Å². The Kier molecular flexibility index (Phi) is 6.41. The van der Waals surface area contributed by atoms with Gasteiger partial charge in [-0.3, -0.25) is 9.59 Å². The Bertz CT molecular complexity index is 1080. The van der Waals surface area contributed by atoms with Gasteiger partial charge < -0.3 is 10.4 Å². The zero-order valence-corrected chi connectivity index (χ0v) is 16.4. The lowest BCUT2D eigenvalue weighted by Gasteiger charge is -2.12. The van der Waals surface area contributed by atoms with Crippen LogP contribution in [0.3, 0.4) is 0 Å². The molecule has 0 bridgehead atoms. The average Bonchev–Trinajstić information content (AvgIpc) is 2.68. The van der Waals surface area contributed by atoms with Gasteiger partial charge in [-0.15, -0.1) is 0 Å². The summed E-state index contributed by atoms with van der Waals surface area (Å²) < 4.78 is 14.7. The van der Waals surface area contributed by atoms with E-state index in [0.29, 0.717) is 22.7 Å². The molecular weight excluding hydrogens is 397 g/mol. The van der Waals surface area contributed by atoms with Crippen molar-refractivity contribution in [2.75, 3.05) is 6.54 Å². The molecule has 1 aromatic heterocycles. The molecule has 0 unspecified atom stereocenters. The number of aliphatic hydroxyl groups excluding tert-OH is 1. The molecule has 0 aliphatic heterocycles. The lowest BCUT2D eigenvalue weighted by molar-refractivity contribution is 0.0943. The maximum absolute atomic E-state index is 13.7. The van der Waals surface area contributed by atoms with Crippen molar-refractivity contribution in [1.82, 2.24) is 15.1 Å². The van der Waals surface area contributed by atoms with Gasteiger partial charge in [0.2, 0.25) is 0 Å². The number of nitrogens with one attached hydrogen (secondary N) is 1. The number of hydrogen-bond donors (Lipinski definition) is 2. The Morgan fingerprint density at radius 3 is 2.62 bits per heavy atom. The molecular formula is C21H19ClFN3O3. The van der Waals surface area contributed by atoms with E-state index in [-0.39, 0.29) is 17.8 Å². The molecule has 150 valence electrons. The fourth-order valence-corrected chi connectivity index (χ4v) is 2.82. The van der Waals surface area contributed by atoms with E-state index in [4.69, 9.17) is 11.6 Å². The second kappa shape index (κ2) is 8.98. The highest BCUT2D eigenvalue weighted by Gasteiger charge is 2.17. The van der Waals surface area contributed by atoms with E-state index in [9.17, 15) is 19.1 Å². The van der Waals surface area contributed by atoms with Crippen LogP contribution in [0.5, 0.6) is 0 Å². The van der Waals surface area contributed by atoms with Gasteiger partial charge in [0.05, 0.1) is 17.5 Å². The smallest absolute Gasteiger partial charge is 0.284 e. The van der Waals surface area contributed by atoms with Crippen LogP contribution >= 0.6 is 11.6 Å². The third kappa shape index (κ3) is 5.07. The molecule has 0 aliphatic rings. The second-order valence-electron chi connectivity index (χ2n) is 6.54. The lowest BCUT2D eigenvalue weighted by atomic mass is 10.1. The van der Waals surface area contributed by atoms with Gasteiger partial charge in [-0.05, 0) is 49.7 Å². The zero-order chi connectivity index (χ0) is 21.0. The zero-order valence-electron chi connectivity index (χ0n) is 15.6. The third-order valence-electron chi connectivity index (χ3n) is 4.20. The quantitative estimate of drug-likeness (QED) is 0.647. The molecule has 0 radical (unpaired) electrons. The van der Waals surface area contributed by atoms with Crippen LogP contribution in [0.2, 0.25) is 5.02 Å². The van der Waals surface area contributed by atoms with Crippen molar-refractivity contribution >= 4 is 17.5 Å². The number of rotatable bonds is 6. The van der Waals surface area contributed by atoms with E-state index in [1.807, 2.05) is 0 Å². The Morgan fingerprint density at radius 2 is 1.97 bits per heavy atom. The van der Waals surface area contributed by atoms with Crippen molar-refractivity contribution in [1.29, 1.82) is 0 Å². The minimum atomic E-state index is -0.678. The number of amides is 1.